The molecule has 1 heterocycles. The highest BCUT2D eigenvalue weighted by Gasteiger charge is 2.20. The van der Waals surface area contributed by atoms with Gasteiger partial charge in [-0.3, -0.25) is 9.69 Å². The first-order valence-electron chi connectivity index (χ1n) is 13.2. The molecule has 8 nitrogen and oxygen atoms in total. The molecule has 0 fully saturated rings. The molecule has 0 saturated carbocycles. The molecular formula is C31H36N4O4. The second kappa shape index (κ2) is 13.0. The van der Waals surface area contributed by atoms with E-state index in [9.17, 15) is 14.7 Å². The zero-order valence-corrected chi connectivity index (χ0v) is 22.7. The Bertz CT molecular complexity index is 1430. The molecule has 3 amide bonds. The van der Waals surface area contributed by atoms with Crippen molar-refractivity contribution >= 4 is 28.5 Å². The lowest BCUT2D eigenvalue weighted by Crippen LogP contribution is -2.39. The first-order chi connectivity index (χ1) is 19.0. The van der Waals surface area contributed by atoms with Crippen LogP contribution in [0, 0.1) is 0 Å². The minimum Gasteiger partial charge on any atom is -0.496 e. The number of benzene rings is 3. The second-order valence-electron chi connectivity index (χ2n) is 9.44. The number of carbonyl (C=O) groups is 2. The van der Waals surface area contributed by atoms with Crippen LogP contribution < -0.4 is 20.3 Å². The molecule has 39 heavy (non-hydrogen) atoms. The highest BCUT2D eigenvalue weighted by molar-refractivity contribution is 5.99. The summed E-state index contributed by atoms with van der Waals surface area (Å²) in [4.78, 5) is 30.9. The molecule has 0 spiro atoms. The third kappa shape index (κ3) is 6.41. The van der Waals surface area contributed by atoms with Crippen molar-refractivity contribution < 1.29 is 19.4 Å². The fourth-order valence-electron chi connectivity index (χ4n) is 4.71. The van der Waals surface area contributed by atoms with E-state index in [0.29, 0.717) is 24.3 Å². The van der Waals surface area contributed by atoms with Crippen LogP contribution in [0.4, 0.5) is 10.5 Å². The van der Waals surface area contributed by atoms with Gasteiger partial charge < -0.3 is 25.5 Å². The molecule has 0 radical (unpaired) electrons. The molecule has 0 unspecified atom stereocenters. The SMILES string of the molecule is CCCCN(C(=O)NC)c1cccc(-c2ccc(OC)c(C(=O)N[C@@H](CO)Cc3c[nH]c4ccccc34)c2)c1. The summed E-state index contributed by atoms with van der Waals surface area (Å²) in [6, 6.07) is 20.4. The van der Waals surface area contributed by atoms with Crippen molar-refractivity contribution in [3.63, 3.8) is 0 Å². The van der Waals surface area contributed by atoms with Gasteiger partial charge in [0.25, 0.3) is 5.91 Å². The number of methoxy groups -OCH3 is 1. The number of aliphatic hydroxyl groups is 1. The van der Waals surface area contributed by atoms with Crippen molar-refractivity contribution in [2.75, 3.05) is 32.2 Å². The summed E-state index contributed by atoms with van der Waals surface area (Å²) in [5, 5.41) is 16.8. The predicted molar refractivity (Wildman–Crippen MR) is 155 cm³/mol. The van der Waals surface area contributed by atoms with Crippen LogP contribution in [0.15, 0.2) is 72.9 Å². The molecular weight excluding hydrogens is 492 g/mol. The van der Waals surface area contributed by atoms with Gasteiger partial charge in [0.05, 0.1) is 25.3 Å². The molecule has 1 aromatic heterocycles. The van der Waals surface area contributed by atoms with Crippen molar-refractivity contribution in [1.29, 1.82) is 0 Å². The van der Waals surface area contributed by atoms with E-state index in [0.717, 1.165) is 46.1 Å². The molecule has 0 aliphatic rings. The van der Waals surface area contributed by atoms with Gasteiger partial charge >= 0.3 is 6.03 Å². The van der Waals surface area contributed by atoms with Gasteiger partial charge in [-0.1, -0.05) is 49.7 Å². The highest BCUT2D eigenvalue weighted by atomic mass is 16.5. The fraction of sp³-hybridized carbons (Fsp3) is 0.290. The van der Waals surface area contributed by atoms with Gasteiger partial charge in [-0.25, -0.2) is 4.79 Å². The normalized spacial score (nSPS) is 11.7. The second-order valence-corrected chi connectivity index (χ2v) is 9.44. The van der Waals surface area contributed by atoms with Gasteiger partial charge in [-0.15, -0.1) is 0 Å². The lowest BCUT2D eigenvalue weighted by Gasteiger charge is -2.23. The van der Waals surface area contributed by atoms with Crippen LogP contribution >= 0.6 is 0 Å². The molecule has 1 atom stereocenters. The number of hydrogen-bond donors (Lipinski definition) is 4. The van der Waals surface area contributed by atoms with E-state index in [-0.39, 0.29) is 18.5 Å². The zero-order valence-electron chi connectivity index (χ0n) is 22.7. The third-order valence-corrected chi connectivity index (χ3v) is 6.83. The summed E-state index contributed by atoms with van der Waals surface area (Å²) in [5.41, 5.74) is 4.86. The van der Waals surface area contributed by atoms with E-state index >= 15 is 0 Å². The van der Waals surface area contributed by atoms with Gasteiger partial charge in [-0.05, 0) is 59.9 Å². The Balaban J connectivity index is 1.58. The van der Waals surface area contributed by atoms with Crippen molar-refractivity contribution in [3.05, 3.63) is 84.1 Å². The van der Waals surface area contributed by atoms with Crippen LogP contribution in [0.1, 0.15) is 35.7 Å². The lowest BCUT2D eigenvalue weighted by atomic mass is 10.0. The van der Waals surface area contributed by atoms with Gasteiger partial charge in [0.1, 0.15) is 5.75 Å². The third-order valence-electron chi connectivity index (χ3n) is 6.83. The number of rotatable bonds is 11. The Morgan fingerprint density at radius 3 is 2.59 bits per heavy atom. The molecule has 0 aliphatic heterocycles. The average Bonchev–Trinajstić information content (AvgIpc) is 3.39. The molecule has 3 aromatic carbocycles. The van der Waals surface area contributed by atoms with Gasteiger partial charge in [0.2, 0.25) is 0 Å². The number of nitrogens with one attached hydrogen (secondary N) is 3. The minimum absolute atomic E-state index is 0.166. The number of aromatic nitrogens is 1. The summed E-state index contributed by atoms with van der Waals surface area (Å²) in [6.07, 6.45) is 4.24. The number of carbonyl (C=O) groups excluding carboxylic acids is 2. The molecule has 0 aliphatic carbocycles. The Morgan fingerprint density at radius 2 is 1.85 bits per heavy atom. The van der Waals surface area contributed by atoms with Crippen molar-refractivity contribution in [2.45, 2.75) is 32.2 Å². The van der Waals surface area contributed by atoms with Crippen LogP contribution in [0.2, 0.25) is 0 Å². The molecule has 0 saturated heterocycles. The van der Waals surface area contributed by atoms with E-state index in [1.165, 1.54) is 7.11 Å². The van der Waals surface area contributed by atoms with E-state index in [1.807, 2.05) is 60.8 Å². The van der Waals surface area contributed by atoms with Crippen molar-refractivity contribution in [1.82, 2.24) is 15.6 Å². The van der Waals surface area contributed by atoms with Crippen molar-refractivity contribution in [2.24, 2.45) is 0 Å². The van der Waals surface area contributed by atoms with Crippen LogP contribution in [-0.4, -0.2) is 55.4 Å². The standard InChI is InChI=1S/C31H36N4O4/c1-4-5-15-35(31(38)32-2)25-10-8-9-21(17-25)22-13-14-29(39-3)27(18-22)30(37)34-24(20-36)16-23-19-33-28-12-7-6-11-26(23)28/h6-14,17-19,24,33,36H,4-5,15-16,20H2,1-3H3,(H,32,38)(H,34,37)/t24-/m1/s1. The monoisotopic (exact) mass is 528 g/mol. The number of aromatic amines is 1. The lowest BCUT2D eigenvalue weighted by molar-refractivity contribution is 0.0913. The first kappa shape index (κ1) is 27.7. The van der Waals surface area contributed by atoms with Gasteiger partial charge in [0.15, 0.2) is 0 Å². The maximum absolute atomic E-state index is 13.4. The number of anilines is 1. The molecule has 4 N–H and O–H groups in total. The maximum atomic E-state index is 13.4. The average molecular weight is 529 g/mol. The van der Waals surface area contributed by atoms with Crippen LogP contribution in [0.5, 0.6) is 5.75 Å². The minimum atomic E-state index is -0.479. The molecule has 8 heteroatoms. The zero-order chi connectivity index (χ0) is 27.8. The number of H-pyrrole nitrogens is 1. The summed E-state index contributed by atoms with van der Waals surface area (Å²) >= 11 is 0. The quantitative estimate of drug-likeness (QED) is 0.217. The number of fused-ring (bicyclic) bond motifs is 1. The summed E-state index contributed by atoms with van der Waals surface area (Å²) in [6.45, 7) is 2.49. The highest BCUT2D eigenvalue weighted by Crippen LogP contribution is 2.30. The first-order valence-corrected chi connectivity index (χ1v) is 13.2. The Hall–Kier alpha value is -4.30. The van der Waals surface area contributed by atoms with E-state index < -0.39 is 6.04 Å². The maximum Gasteiger partial charge on any atom is 0.321 e. The van der Waals surface area contributed by atoms with E-state index in [1.54, 1.807) is 24.1 Å². The summed E-state index contributed by atoms with van der Waals surface area (Å²) in [7, 11) is 3.15. The smallest absolute Gasteiger partial charge is 0.321 e. The van der Waals surface area contributed by atoms with Crippen LogP contribution in [0.25, 0.3) is 22.0 Å². The Morgan fingerprint density at radius 1 is 1.05 bits per heavy atom. The Labute approximate surface area is 229 Å². The van der Waals surface area contributed by atoms with Gasteiger partial charge in [0, 0.05) is 36.4 Å². The largest absolute Gasteiger partial charge is 0.496 e. The van der Waals surface area contributed by atoms with E-state index in [2.05, 4.69) is 22.5 Å². The summed E-state index contributed by atoms with van der Waals surface area (Å²) < 4.78 is 5.50. The molecule has 204 valence electrons. The topological polar surface area (TPSA) is 107 Å². The van der Waals surface area contributed by atoms with Crippen LogP contribution in [0.3, 0.4) is 0 Å². The fourth-order valence-corrected chi connectivity index (χ4v) is 4.71. The Kier molecular flexibility index (Phi) is 9.22. The predicted octanol–water partition coefficient (Wildman–Crippen LogP) is 5.12. The number of nitrogens with zero attached hydrogens (tertiary/aromatic N) is 1. The number of ether oxygens (including phenoxy) is 1. The number of unbranched alkanes of at least 4 members (excludes halogenated alkanes) is 1. The van der Waals surface area contributed by atoms with E-state index in [4.69, 9.17) is 4.74 Å². The van der Waals surface area contributed by atoms with Gasteiger partial charge in [-0.2, -0.15) is 0 Å². The molecule has 0 bridgehead atoms. The number of para-hydroxylation sites is 1. The van der Waals surface area contributed by atoms with Crippen molar-refractivity contribution in [3.8, 4) is 16.9 Å². The summed E-state index contributed by atoms with van der Waals surface area (Å²) in [5.74, 6) is 0.102. The van der Waals surface area contributed by atoms with Crippen LogP contribution in [-0.2, 0) is 6.42 Å². The number of hydrogen-bond acceptors (Lipinski definition) is 4. The number of urea groups is 1. The number of amides is 3. The number of aliphatic hydroxyl groups excluding tert-OH is 1. The molecule has 4 rings (SSSR count). The molecule has 4 aromatic rings.